The Bertz CT molecular complexity index is 1390. The maximum atomic E-state index is 12.9. The number of nitrogens with zero attached hydrogens (tertiary/aromatic N) is 7. The lowest BCUT2D eigenvalue weighted by atomic mass is 9.92. The van der Waals surface area contributed by atoms with Gasteiger partial charge in [0.15, 0.2) is 5.65 Å². The SMILES string of the molecule is Cc1nn(C)c2ncnc(C(=O)NC(C)c3ncc(C(=O)Nc4cc(C(C)(C)C)ncn4)s3)c12. The first-order valence-corrected chi connectivity index (χ1v) is 11.4. The lowest BCUT2D eigenvalue weighted by Crippen LogP contribution is -2.27. The Hall–Kier alpha value is -3.80. The van der Waals surface area contributed by atoms with Gasteiger partial charge in [0, 0.05) is 18.5 Å². The Kier molecular flexibility index (Phi) is 6.09. The van der Waals surface area contributed by atoms with Gasteiger partial charge in [0.1, 0.15) is 34.1 Å². The smallest absolute Gasteiger partial charge is 0.271 e. The van der Waals surface area contributed by atoms with Gasteiger partial charge in [-0.15, -0.1) is 11.3 Å². The van der Waals surface area contributed by atoms with Crippen molar-refractivity contribution in [3.05, 3.63) is 51.9 Å². The molecule has 4 heterocycles. The average Bonchev–Trinajstić information content (AvgIpc) is 3.39. The predicted octanol–water partition coefficient (Wildman–Crippen LogP) is 2.96. The third-order valence-corrected chi connectivity index (χ3v) is 6.33. The molecule has 0 aromatic carbocycles. The second-order valence-corrected chi connectivity index (χ2v) is 9.94. The number of nitrogens with one attached hydrogen (secondary N) is 2. The van der Waals surface area contributed by atoms with E-state index in [9.17, 15) is 9.59 Å². The predicted molar refractivity (Wildman–Crippen MR) is 128 cm³/mol. The minimum atomic E-state index is -0.437. The van der Waals surface area contributed by atoms with Crippen molar-refractivity contribution in [1.29, 1.82) is 0 Å². The fraction of sp³-hybridized carbons (Fsp3) is 0.364. The van der Waals surface area contributed by atoms with E-state index >= 15 is 0 Å². The second-order valence-electron chi connectivity index (χ2n) is 8.88. The van der Waals surface area contributed by atoms with E-state index in [1.165, 1.54) is 30.2 Å². The third-order valence-electron chi connectivity index (χ3n) is 5.15. The number of rotatable bonds is 5. The van der Waals surface area contributed by atoms with Crippen LogP contribution in [0, 0.1) is 6.92 Å². The van der Waals surface area contributed by atoms with Crippen molar-refractivity contribution in [3.63, 3.8) is 0 Å². The van der Waals surface area contributed by atoms with Gasteiger partial charge in [0.05, 0.1) is 29.0 Å². The monoisotopic (exact) mass is 479 g/mol. The Labute approximate surface area is 200 Å². The molecule has 0 saturated carbocycles. The van der Waals surface area contributed by atoms with E-state index in [4.69, 9.17) is 0 Å². The molecule has 0 radical (unpaired) electrons. The number of aromatic nitrogens is 7. The number of thiazole rings is 1. The summed E-state index contributed by atoms with van der Waals surface area (Å²) in [7, 11) is 1.76. The van der Waals surface area contributed by atoms with E-state index in [-0.39, 0.29) is 22.9 Å². The highest BCUT2D eigenvalue weighted by atomic mass is 32.1. The van der Waals surface area contributed by atoms with Gasteiger partial charge in [-0.05, 0) is 13.8 Å². The van der Waals surface area contributed by atoms with Gasteiger partial charge >= 0.3 is 0 Å². The minimum Gasteiger partial charge on any atom is -0.342 e. The molecule has 0 aliphatic carbocycles. The van der Waals surface area contributed by atoms with Crippen molar-refractivity contribution in [2.75, 3.05) is 5.32 Å². The van der Waals surface area contributed by atoms with E-state index in [1.54, 1.807) is 31.6 Å². The van der Waals surface area contributed by atoms with Crippen LogP contribution in [0.1, 0.15) is 70.3 Å². The zero-order valence-electron chi connectivity index (χ0n) is 19.7. The zero-order valence-corrected chi connectivity index (χ0v) is 20.6. The van der Waals surface area contributed by atoms with Crippen LogP contribution in [0.5, 0.6) is 0 Å². The van der Waals surface area contributed by atoms with Crippen molar-refractivity contribution >= 4 is 40.0 Å². The van der Waals surface area contributed by atoms with Crippen LogP contribution < -0.4 is 10.6 Å². The first kappa shape index (κ1) is 23.4. The number of fused-ring (bicyclic) bond motifs is 1. The molecule has 0 fully saturated rings. The number of carbonyl (C=O) groups is 2. The van der Waals surface area contributed by atoms with Gasteiger partial charge in [0.25, 0.3) is 11.8 Å². The number of anilines is 1. The molecule has 0 saturated heterocycles. The van der Waals surface area contributed by atoms with Gasteiger partial charge in [-0.2, -0.15) is 5.10 Å². The summed E-state index contributed by atoms with van der Waals surface area (Å²) in [4.78, 5) is 47.2. The highest BCUT2D eigenvalue weighted by molar-refractivity contribution is 7.13. The molecule has 176 valence electrons. The van der Waals surface area contributed by atoms with Crippen molar-refractivity contribution in [3.8, 4) is 0 Å². The van der Waals surface area contributed by atoms with Crippen LogP contribution in [0.3, 0.4) is 0 Å². The summed E-state index contributed by atoms with van der Waals surface area (Å²) in [5.74, 6) is -0.280. The molecule has 2 amide bonds. The largest absolute Gasteiger partial charge is 0.342 e. The molecular weight excluding hydrogens is 454 g/mol. The second kappa shape index (κ2) is 8.86. The van der Waals surface area contributed by atoms with E-state index in [2.05, 4.69) is 40.7 Å². The van der Waals surface area contributed by atoms with E-state index in [0.29, 0.717) is 32.4 Å². The highest BCUT2D eigenvalue weighted by Crippen LogP contribution is 2.24. The third kappa shape index (κ3) is 4.62. The number of carbonyl (C=O) groups excluding carboxylic acids is 2. The van der Waals surface area contributed by atoms with Crippen molar-refractivity contribution in [2.45, 2.75) is 46.1 Å². The van der Waals surface area contributed by atoms with E-state index < -0.39 is 6.04 Å². The lowest BCUT2D eigenvalue weighted by molar-refractivity contribution is 0.0935. The standard InChI is InChI=1S/C22H25N9O2S/c1-11-16-17(26-10-27-18(16)31(6)30-11)20(33)28-12(2)21-23-8-13(34-21)19(32)29-15-7-14(22(3,4)5)24-9-25-15/h7-10,12H,1-6H3,(H,28,33)(H,24,25,29,32). The van der Waals surface area contributed by atoms with Crippen molar-refractivity contribution < 1.29 is 9.59 Å². The normalized spacial score (nSPS) is 12.5. The number of hydrogen-bond donors (Lipinski definition) is 2. The summed E-state index contributed by atoms with van der Waals surface area (Å²) in [6, 6.07) is 1.32. The van der Waals surface area contributed by atoms with Crippen molar-refractivity contribution in [2.24, 2.45) is 7.05 Å². The molecule has 4 aromatic heterocycles. The molecule has 34 heavy (non-hydrogen) atoms. The number of aryl methyl sites for hydroxylation is 2. The summed E-state index contributed by atoms with van der Waals surface area (Å²) in [6.45, 7) is 9.71. The quantitative estimate of drug-likeness (QED) is 0.445. The Morgan fingerprint density at radius 1 is 1.06 bits per heavy atom. The Morgan fingerprint density at radius 3 is 2.53 bits per heavy atom. The van der Waals surface area contributed by atoms with Gasteiger partial charge in [0.2, 0.25) is 0 Å². The molecule has 1 atom stereocenters. The highest BCUT2D eigenvalue weighted by Gasteiger charge is 2.22. The van der Waals surface area contributed by atoms with Gasteiger partial charge in [-0.3, -0.25) is 14.3 Å². The molecule has 2 N–H and O–H groups in total. The van der Waals surface area contributed by atoms with Crippen molar-refractivity contribution in [1.82, 2.24) is 40.0 Å². The molecule has 0 aliphatic rings. The van der Waals surface area contributed by atoms with Crippen LogP contribution in [0.4, 0.5) is 5.82 Å². The average molecular weight is 480 g/mol. The summed E-state index contributed by atoms with van der Waals surface area (Å²) < 4.78 is 1.61. The van der Waals surface area contributed by atoms with E-state index in [0.717, 1.165) is 5.69 Å². The van der Waals surface area contributed by atoms with Crippen LogP contribution in [0.2, 0.25) is 0 Å². The molecule has 1 unspecified atom stereocenters. The molecule has 0 aliphatic heterocycles. The molecule has 11 nitrogen and oxygen atoms in total. The fourth-order valence-electron chi connectivity index (χ4n) is 3.38. The summed E-state index contributed by atoms with van der Waals surface area (Å²) in [6.07, 6.45) is 4.26. The first-order chi connectivity index (χ1) is 16.0. The molecule has 0 spiro atoms. The summed E-state index contributed by atoms with van der Waals surface area (Å²) in [5.41, 5.74) is 2.15. The Morgan fingerprint density at radius 2 is 1.79 bits per heavy atom. The van der Waals surface area contributed by atoms with Crippen LogP contribution in [0.25, 0.3) is 11.0 Å². The minimum absolute atomic E-state index is 0.169. The lowest BCUT2D eigenvalue weighted by Gasteiger charge is -2.17. The van der Waals surface area contributed by atoms with Crippen LogP contribution >= 0.6 is 11.3 Å². The van der Waals surface area contributed by atoms with Crippen LogP contribution in [0.15, 0.2) is 24.9 Å². The zero-order chi connectivity index (χ0) is 24.6. The van der Waals surface area contributed by atoms with Gasteiger partial charge < -0.3 is 10.6 Å². The Balaban J connectivity index is 1.47. The van der Waals surface area contributed by atoms with Crippen LogP contribution in [-0.4, -0.2) is 46.5 Å². The maximum absolute atomic E-state index is 12.9. The summed E-state index contributed by atoms with van der Waals surface area (Å²) >= 11 is 1.20. The maximum Gasteiger partial charge on any atom is 0.271 e. The fourth-order valence-corrected chi connectivity index (χ4v) is 4.20. The molecule has 4 rings (SSSR count). The molecule has 0 bridgehead atoms. The first-order valence-electron chi connectivity index (χ1n) is 10.6. The topological polar surface area (TPSA) is 140 Å². The number of hydrogen-bond acceptors (Lipinski definition) is 9. The van der Waals surface area contributed by atoms with Gasteiger partial charge in [-0.25, -0.2) is 24.9 Å². The number of amides is 2. The summed E-state index contributed by atoms with van der Waals surface area (Å²) in [5, 5.41) is 11.2. The molecular formula is C22H25N9O2S. The van der Waals surface area contributed by atoms with E-state index in [1.807, 2.05) is 20.8 Å². The molecule has 12 heteroatoms. The van der Waals surface area contributed by atoms with Crippen LogP contribution in [-0.2, 0) is 12.5 Å². The molecule has 4 aromatic rings. The van der Waals surface area contributed by atoms with Gasteiger partial charge in [-0.1, -0.05) is 20.8 Å².